The summed E-state index contributed by atoms with van der Waals surface area (Å²) in [6.45, 7) is 10.4. The average Bonchev–Trinajstić information content (AvgIpc) is 3.29. The Morgan fingerprint density at radius 1 is 0.966 bits per heavy atom. The molecule has 2 heteroatoms. The first kappa shape index (κ1) is 20.8. The number of rotatable bonds is 6. The van der Waals surface area contributed by atoms with Gasteiger partial charge < -0.3 is 9.84 Å². The Morgan fingerprint density at radius 3 is 2.55 bits per heavy atom. The summed E-state index contributed by atoms with van der Waals surface area (Å²) >= 11 is 0. The van der Waals surface area contributed by atoms with Gasteiger partial charge in [0.05, 0.1) is 6.10 Å². The van der Waals surface area contributed by atoms with Crippen molar-refractivity contribution in [1.82, 2.24) is 0 Å². The van der Waals surface area contributed by atoms with E-state index < -0.39 is 0 Å². The molecule has 4 aliphatic carbocycles. The Morgan fingerprint density at radius 2 is 1.76 bits per heavy atom. The Kier molecular flexibility index (Phi) is 5.18. The van der Waals surface area contributed by atoms with Crippen LogP contribution in [0.15, 0.2) is 0 Å². The third-order valence-corrected chi connectivity index (χ3v) is 11.4. The lowest BCUT2D eigenvalue weighted by Gasteiger charge is -2.59. The van der Waals surface area contributed by atoms with E-state index in [2.05, 4.69) is 27.7 Å². The molecule has 1 heterocycles. The van der Waals surface area contributed by atoms with Crippen LogP contribution in [0.4, 0.5) is 0 Å². The average molecular weight is 403 g/mol. The number of fused-ring (bicyclic) bond motifs is 4. The molecule has 1 aliphatic heterocycles. The molecule has 166 valence electrons. The normalized spacial score (nSPS) is 52.7. The van der Waals surface area contributed by atoms with Gasteiger partial charge in [0.15, 0.2) is 0 Å². The summed E-state index contributed by atoms with van der Waals surface area (Å²) in [6.07, 6.45) is 17.3. The van der Waals surface area contributed by atoms with Crippen molar-refractivity contribution in [2.75, 3.05) is 6.61 Å². The number of hydrogen-bond acceptors (Lipinski definition) is 2. The zero-order valence-electron chi connectivity index (χ0n) is 19.6. The maximum Gasteiger partial charge on any atom is 0.100 e. The molecule has 5 aliphatic rings. The number of ether oxygens (including phenoxy) is 1. The van der Waals surface area contributed by atoms with Crippen molar-refractivity contribution in [2.45, 2.75) is 116 Å². The molecule has 5 rings (SSSR count). The second kappa shape index (κ2) is 7.22. The quantitative estimate of drug-likeness (QED) is 0.508. The molecular formula is C27H46O2. The molecule has 2 nitrogen and oxygen atoms in total. The van der Waals surface area contributed by atoms with Gasteiger partial charge in [-0.05, 0) is 92.3 Å². The van der Waals surface area contributed by atoms with Gasteiger partial charge in [0.2, 0.25) is 0 Å². The van der Waals surface area contributed by atoms with Crippen molar-refractivity contribution >= 4 is 0 Å². The van der Waals surface area contributed by atoms with E-state index in [9.17, 15) is 5.11 Å². The maximum absolute atomic E-state index is 9.33. The highest BCUT2D eigenvalue weighted by Crippen LogP contribution is 2.74. The summed E-state index contributed by atoms with van der Waals surface area (Å²) in [5, 5.41) is 9.33. The predicted molar refractivity (Wildman–Crippen MR) is 119 cm³/mol. The Balaban J connectivity index is 1.30. The van der Waals surface area contributed by atoms with Gasteiger partial charge in [0.25, 0.3) is 0 Å². The minimum atomic E-state index is 0.300. The summed E-state index contributed by atoms with van der Waals surface area (Å²) in [4.78, 5) is 0. The van der Waals surface area contributed by atoms with Crippen LogP contribution in [0.25, 0.3) is 0 Å². The summed E-state index contributed by atoms with van der Waals surface area (Å²) in [5.74, 6) is 5.05. The van der Waals surface area contributed by atoms with Crippen LogP contribution in [0.3, 0.4) is 0 Å². The van der Waals surface area contributed by atoms with E-state index in [4.69, 9.17) is 4.74 Å². The molecule has 0 aromatic heterocycles. The number of epoxide rings is 1. The monoisotopic (exact) mass is 402 g/mol. The number of hydrogen-bond donors (Lipinski definition) is 1. The second-order valence-corrected chi connectivity index (χ2v) is 12.7. The lowest BCUT2D eigenvalue weighted by molar-refractivity contribution is -0.100. The predicted octanol–water partition coefficient (Wildman–Crippen LogP) is 6.60. The second-order valence-electron chi connectivity index (χ2n) is 12.7. The minimum Gasteiger partial charge on any atom is -0.396 e. The van der Waals surface area contributed by atoms with Gasteiger partial charge in [-0.1, -0.05) is 53.4 Å². The molecule has 1 N–H and O–H groups in total. The molecule has 1 unspecified atom stereocenters. The molecule has 0 amide bonds. The van der Waals surface area contributed by atoms with Crippen LogP contribution in [-0.4, -0.2) is 23.4 Å². The van der Waals surface area contributed by atoms with Crippen LogP contribution in [0.1, 0.15) is 105 Å². The third-order valence-electron chi connectivity index (χ3n) is 11.4. The molecule has 0 aromatic carbocycles. The Labute approximate surface area is 179 Å². The SMILES string of the molecule is CC(CO)CCC[C@@H](C)[C@H]1CC[C@H]2[C@@H]3C[C@@H]4O[C@@]45CCCC[C@]5(C)[C@H]3CC[C@]12C. The van der Waals surface area contributed by atoms with Gasteiger partial charge in [-0.2, -0.15) is 0 Å². The van der Waals surface area contributed by atoms with Gasteiger partial charge in [-0.25, -0.2) is 0 Å². The van der Waals surface area contributed by atoms with E-state index in [1.807, 2.05) is 0 Å². The highest BCUT2D eigenvalue weighted by molar-refractivity contribution is 5.23. The van der Waals surface area contributed by atoms with Crippen molar-refractivity contribution in [3.63, 3.8) is 0 Å². The Bertz CT molecular complexity index is 618. The molecule has 1 saturated heterocycles. The Hall–Kier alpha value is -0.0800. The molecule has 0 radical (unpaired) electrons. The van der Waals surface area contributed by atoms with Crippen molar-refractivity contribution < 1.29 is 9.84 Å². The first-order chi connectivity index (χ1) is 13.9. The molecule has 5 fully saturated rings. The highest BCUT2D eigenvalue weighted by atomic mass is 16.6. The van der Waals surface area contributed by atoms with Gasteiger partial charge >= 0.3 is 0 Å². The largest absolute Gasteiger partial charge is 0.396 e. The van der Waals surface area contributed by atoms with Crippen molar-refractivity contribution in [3.05, 3.63) is 0 Å². The van der Waals surface area contributed by atoms with Crippen LogP contribution >= 0.6 is 0 Å². The van der Waals surface area contributed by atoms with Crippen LogP contribution in [0.5, 0.6) is 0 Å². The fourth-order valence-electron chi connectivity index (χ4n) is 9.77. The van der Waals surface area contributed by atoms with Crippen LogP contribution in [-0.2, 0) is 4.74 Å². The van der Waals surface area contributed by atoms with Gasteiger partial charge in [-0.15, -0.1) is 0 Å². The van der Waals surface area contributed by atoms with Gasteiger partial charge in [0, 0.05) is 12.0 Å². The van der Waals surface area contributed by atoms with Gasteiger partial charge in [-0.3, -0.25) is 0 Å². The lowest BCUT2D eigenvalue weighted by atomic mass is 9.44. The smallest absolute Gasteiger partial charge is 0.100 e. The zero-order valence-corrected chi connectivity index (χ0v) is 19.6. The lowest BCUT2D eigenvalue weighted by Crippen LogP contribution is -2.57. The van der Waals surface area contributed by atoms with E-state index >= 15 is 0 Å². The fraction of sp³-hybridized carbons (Fsp3) is 1.00. The number of aliphatic hydroxyl groups is 1. The van der Waals surface area contributed by atoms with Crippen molar-refractivity contribution in [3.8, 4) is 0 Å². The minimum absolute atomic E-state index is 0.300. The van der Waals surface area contributed by atoms with Crippen LogP contribution < -0.4 is 0 Å². The fourth-order valence-corrected chi connectivity index (χ4v) is 9.77. The van der Waals surface area contributed by atoms with Crippen LogP contribution in [0, 0.1) is 46.3 Å². The zero-order chi connectivity index (χ0) is 20.4. The van der Waals surface area contributed by atoms with Crippen LogP contribution in [0.2, 0.25) is 0 Å². The third kappa shape index (κ3) is 2.94. The first-order valence-electron chi connectivity index (χ1n) is 13.1. The molecule has 29 heavy (non-hydrogen) atoms. The van der Waals surface area contributed by atoms with Crippen molar-refractivity contribution in [2.24, 2.45) is 46.3 Å². The maximum atomic E-state index is 9.33. The van der Waals surface area contributed by atoms with Crippen molar-refractivity contribution in [1.29, 1.82) is 0 Å². The highest BCUT2D eigenvalue weighted by Gasteiger charge is 2.75. The van der Waals surface area contributed by atoms with Gasteiger partial charge in [0.1, 0.15) is 5.60 Å². The first-order valence-corrected chi connectivity index (χ1v) is 13.1. The van der Waals surface area contributed by atoms with E-state index in [0.29, 0.717) is 35.1 Å². The molecule has 1 spiro atoms. The standard InChI is InChI=1S/C27H46O2/c1-18(17-28)8-7-9-19(2)21-10-11-22-20-16-24-27(29-24)14-6-5-13-26(27,4)23(20)12-15-25(21,22)3/h18-24,28H,5-17H2,1-4H3/t18?,19-,20+,21-,22+,23+,24+,25-,26-,27+/m1/s1. The molecule has 0 bridgehead atoms. The summed E-state index contributed by atoms with van der Waals surface area (Å²) < 4.78 is 6.59. The van der Waals surface area contributed by atoms with E-state index in [1.165, 1.54) is 77.0 Å². The summed E-state index contributed by atoms with van der Waals surface area (Å²) in [7, 11) is 0. The topological polar surface area (TPSA) is 32.8 Å². The number of aliphatic hydroxyl groups excluding tert-OH is 1. The van der Waals surface area contributed by atoms with E-state index in [0.717, 1.165) is 29.6 Å². The molecule has 10 atom stereocenters. The molecule has 0 aromatic rings. The molecule has 4 saturated carbocycles. The summed E-state index contributed by atoms with van der Waals surface area (Å²) in [5.41, 5.74) is 1.35. The van der Waals surface area contributed by atoms with E-state index in [-0.39, 0.29) is 0 Å². The van der Waals surface area contributed by atoms with E-state index in [1.54, 1.807) is 0 Å². The molecular weight excluding hydrogens is 356 g/mol. The summed E-state index contributed by atoms with van der Waals surface area (Å²) in [6, 6.07) is 0.